The summed E-state index contributed by atoms with van der Waals surface area (Å²) in [4.78, 5) is 38.3. The van der Waals surface area contributed by atoms with E-state index in [1.807, 2.05) is 0 Å². The molecule has 1 aromatic carbocycles. The molecule has 6 rings (SSSR count). The molecule has 4 fully saturated rings. The second kappa shape index (κ2) is 6.14. The third kappa shape index (κ3) is 2.85. The number of carbonyl (C=O) groups is 3. The van der Waals surface area contributed by atoms with Gasteiger partial charge in [0.1, 0.15) is 6.61 Å². The normalized spacial score (nSPS) is 35.4. The van der Waals surface area contributed by atoms with Gasteiger partial charge >= 0.3 is 5.97 Å². The van der Waals surface area contributed by atoms with Gasteiger partial charge in [-0.25, -0.2) is 0 Å². The Morgan fingerprint density at radius 2 is 1.68 bits per heavy atom. The first-order valence-corrected chi connectivity index (χ1v) is 10.2. The topological polar surface area (TPSA) is 83.9 Å². The van der Waals surface area contributed by atoms with Gasteiger partial charge in [-0.2, -0.15) is 0 Å². The van der Waals surface area contributed by atoms with Crippen molar-refractivity contribution >= 4 is 17.8 Å². The highest BCUT2D eigenvalue weighted by molar-refractivity contribution is 6.21. The highest BCUT2D eigenvalue weighted by atomic mass is 16.5. The van der Waals surface area contributed by atoms with E-state index in [4.69, 9.17) is 4.74 Å². The first-order chi connectivity index (χ1) is 13.4. The summed E-state index contributed by atoms with van der Waals surface area (Å²) in [5.41, 5.74) is 0.0805. The molecule has 1 aromatic rings. The summed E-state index contributed by atoms with van der Waals surface area (Å²) in [6.07, 6.45) is 5.95. The van der Waals surface area contributed by atoms with E-state index in [1.54, 1.807) is 24.3 Å². The van der Waals surface area contributed by atoms with Gasteiger partial charge in [-0.05, 0) is 67.9 Å². The van der Waals surface area contributed by atoms with Gasteiger partial charge in [-0.15, -0.1) is 0 Å². The number of hydrogen-bond acceptors (Lipinski definition) is 5. The van der Waals surface area contributed by atoms with Crippen molar-refractivity contribution < 1.29 is 24.2 Å². The summed E-state index contributed by atoms with van der Waals surface area (Å²) in [5.74, 6) is 0.0943. The van der Waals surface area contributed by atoms with Gasteiger partial charge in [-0.3, -0.25) is 19.3 Å². The van der Waals surface area contributed by atoms with E-state index < -0.39 is 5.60 Å². The van der Waals surface area contributed by atoms with E-state index in [1.165, 1.54) is 6.42 Å². The molecule has 2 unspecified atom stereocenters. The van der Waals surface area contributed by atoms with Crippen molar-refractivity contribution in [3.63, 3.8) is 0 Å². The second-order valence-electron chi connectivity index (χ2n) is 9.39. The average molecular weight is 383 g/mol. The number of esters is 1. The maximum Gasteiger partial charge on any atom is 0.306 e. The lowest BCUT2D eigenvalue weighted by Gasteiger charge is -2.60. The number of fused-ring (bicyclic) bond motifs is 1. The minimum Gasteiger partial charge on any atom is -0.464 e. The zero-order valence-corrected chi connectivity index (χ0v) is 15.9. The third-order valence-corrected chi connectivity index (χ3v) is 7.13. The van der Waals surface area contributed by atoms with Crippen LogP contribution in [0.2, 0.25) is 0 Å². The number of benzene rings is 1. The number of nitrogens with zero attached hydrogens (tertiary/aromatic N) is 1. The van der Waals surface area contributed by atoms with Crippen molar-refractivity contribution in [2.45, 2.75) is 50.5 Å². The fourth-order valence-electron chi connectivity index (χ4n) is 6.66. The van der Waals surface area contributed by atoms with E-state index >= 15 is 0 Å². The lowest BCUT2D eigenvalue weighted by Crippen LogP contribution is -2.56. The number of imide groups is 1. The van der Waals surface area contributed by atoms with E-state index in [0.29, 0.717) is 35.8 Å². The minimum atomic E-state index is -0.593. The van der Waals surface area contributed by atoms with E-state index in [0.717, 1.165) is 30.6 Å². The fraction of sp³-hybridized carbons (Fsp3) is 0.591. The summed E-state index contributed by atoms with van der Waals surface area (Å²) in [7, 11) is 0. The Labute approximate surface area is 163 Å². The number of hydrogen-bond donors (Lipinski definition) is 1. The van der Waals surface area contributed by atoms with E-state index in [2.05, 4.69) is 0 Å². The predicted octanol–water partition coefficient (Wildman–Crippen LogP) is 2.55. The molecule has 5 aliphatic rings. The highest BCUT2D eigenvalue weighted by Gasteiger charge is 2.57. The molecular weight excluding hydrogens is 358 g/mol. The molecule has 148 valence electrons. The van der Waals surface area contributed by atoms with Crippen molar-refractivity contribution in [2.75, 3.05) is 13.2 Å². The number of aliphatic hydroxyl groups is 1. The Morgan fingerprint density at radius 1 is 1.07 bits per heavy atom. The van der Waals surface area contributed by atoms with Crippen LogP contribution in [0.15, 0.2) is 24.3 Å². The Bertz CT molecular complexity index is 813. The molecule has 4 saturated carbocycles. The van der Waals surface area contributed by atoms with E-state index in [-0.39, 0.29) is 36.4 Å². The SMILES string of the molecule is O=C(CC12CC3CC(CC(O)(C3)C1)C2)OCCN1C(=O)c2ccccc2C1=O. The Balaban J connectivity index is 1.17. The van der Waals surface area contributed by atoms with Crippen LogP contribution in [-0.4, -0.2) is 46.5 Å². The summed E-state index contributed by atoms with van der Waals surface area (Å²) in [5, 5.41) is 10.8. The van der Waals surface area contributed by atoms with Crippen molar-refractivity contribution in [3.05, 3.63) is 35.4 Å². The first-order valence-electron chi connectivity index (χ1n) is 10.2. The van der Waals surface area contributed by atoms with Crippen LogP contribution in [0.1, 0.15) is 65.7 Å². The number of carbonyl (C=O) groups excluding carboxylic acids is 3. The second-order valence-corrected chi connectivity index (χ2v) is 9.39. The molecule has 0 spiro atoms. The van der Waals surface area contributed by atoms with E-state index in [9.17, 15) is 19.5 Å². The van der Waals surface area contributed by atoms with Gasteiger partial charge in [0.2, 0.25) is 0 Å². The average Bonchev–Trinajstić information content (AvgIpc) is 2.84. The van der Waals surface area contributed by atoms with Crippen LogP contribution in [0, 0.1) is 17.3 Å². The summed E-state index contributed by atoms with van der Waals surface area (Å²) < 4.78 is 5.40. The molecule has 4 aliphatic carbocycles. The number of amides is 2. The van der Waals surface area contributed by atoms with Crippen LogP contribution < -0.4 is 0 Å². The van der Waals surface area contributed by atoms with Gasteiger partial charge < -0.3 is 9.84 Å². The highest BCUT2D eigenvalue weighted by Crippen LogP contribution is 2.62. The van der Waals surface area contributed by atoms with Gasteiger partial charge in [0.25, 0.3) is 11.8 Å². The van der Waals surface area contributed by atoms with Crippen LogP contribution in [0.3, 0.4) is 0 Å². The van der Waals surface area contributed by atoms with Crippen molar-refractivity contribution in [2.24, 2.45) is 17.3 Å². The van der Waals surface area contributed by atoms with Crippen LogP contribution in [0.4, 0.5) is 0 Å². The van der Waals surface area contributed by atoms with Crippen molar-refractivity contribution in [1.29, 1.82) is 0 Å². The minimum absolute atomic E-state index is 0.0114. The maximum atomic E-state index is 12.5. The zero-order valence-electron chi connectivity index (χ0n) is 15.9. The van der Waals surface area contributed by atoms with Gasteiger partial charge in [0.05, 0.1) is 29.7 Å². The van der Waals surface area contributed by atoms with Crippen LogP contribution >= 0.6 is 0 Å². The Kier molecular flexibility index (Phi) is 3.92. The standard InChI is InChI=1S/C22H25NO5/c24-18(12-21-8-14-7-15(9-21)11-22(27,10-14)13-21)28-6-5-23-19(25)16-3-1-2-4-17(16)20(23)26/h1-4,14-15,27H,5-13H2. The molecule has 28 heavy (non-hydrogen) atoms. The predicted molar refractivity (Wildman–Crippen MR) is 99.4 cm³/mol. The third-order valence-electron chi connectivity index (χ3n) is 7.13. The Morgan fingerprint density at radius 3 is 2.25 bits per heavy atom. The van der Waals surface area contributed by atoms with Gasteiger partial charge in [0.15, 0.2) is 0 Å². The lowest BCUT2D eigenvalue weighted by molar-refractivity contribution is -0.176. The molecule has 2 amide bonds. The first kappa shape index (κ1) is 17.9. The van der Waals surface area contributed by atoms with Crippen LogP contribution in [-0.2, 0) is 9.53 Å². The molecule has 0 radical (unpaired) electrons. The lowest BCUT2D eigenvalue weighted by atomic mass is 9.47. The molecule has 1 heterocycles. The van der Waals surface area contributed by atoms with Gasteiger partial charge in [0, 0.05) is 0 Å². The summed E-state index contributed by atoms with van der Waals surface area (Å²) in [6.45, 7) is 0.0811. The molecule has 6 nitrogen and oxygen atoms in total. The molecule has 0 aromatic heterocycles. The summed E-state index contributed by atoms with van der Waals surface area (Å²) in [6, 6.07) is 6.73. The Hall–Kier alpha value is -2.21. The van der Waals surface area contributed by atoms with Crippen LogP contribution in [0.25, 0.3) is 0 Å². The smallest absolute Gasteiger partial charge is 0.306 e. The van der Waals surface area contributed by atoms with Crippen molar-refractivity contribution in [1.82, 2.24) is 4.90 Å². The quantitative estimate of drug-likeness (QED) is 0.624. The molecule has 0 saturated heterocycles. The fourth-order valence-corrected chi connectivity index (χ4v) is 6.66. The maximum absolute atomic E-state index is 12.5. The van der Waals surface area contributed by atoms with Crippen LogP contribution in [0.5, 0.6) is 0 Å². The molecule has 2 atom stereocenters. The molecule has 1 N–H and O–H groups in total. The molecule has 4 bridgehead atoms. The van der Waals surface area contributed by atoms with Crippen molar-refractivity contribution in [3.8, 4) is 0 Å². The zero-order chi connectivity index (χ0) is 19.5. The molecular formula is C22H25NO5. The molecule has 1 aliphatic heterocycles. The van der Waals surface area contributed by atoms with Gasteiger partial charge in [-0.1, -0.05) is 12.1 Å². The number of rotatable bonds is 5. The summed E-state index contributed by atoms with van der Waals surface area (Å²) >= 11 is 0. The number of ether oxygens (including phenoxy) is 1. The molecule has 6 heteroatoms. The monoisotopic (exact) mass is 383 g/mol. The largest absolute Gasteiger partial charge is 0.464 e.